The Hall–Kier alpha value is -8.12. The van der Waals surface area contributed by atoms with E-state index < -0.39 is 0 Å². The van der Waals surface area contributed by atoms with Gasteiger partial charge >= 0.3 is 0 Å². The molecule has 0 spiro atoms. The first-order valence-corrected chi connectivity index (χ1v) is 19.0. The van der Waals surface area contributed by atoms with Gasteiger partial charge in [0.1, 0.15) is 23.0 Å². The molecular formula is C48H38N6O6. The molecule has 0 saturated carbocycles. The molecule has 0 aliphatic carbocycles. The van der Waals surface area contributed by atoms with Crippen LogP contribution in [0.25, 0.3) is 90.9 Å². The Kier molecular flexibility index (Phi) is 9.57. The number of H-pyrrole nitrogens is 2. The van der Waals surface area contributed by atoms with E-state index in [1.807, 2.05) is 109 Å². The average molecular weight is 795 g/mol. The summed E-state index contributed by atoms with van der Waals surface area (Å²) in [4.78, 5) is 30.1. The summed E-state index contributed by atoms with van der Waals surface area (Å²) in [5, 5.41) is 12.6. The highest BCUT2D eigenvalue weighted by Crippen LogP contribution is 2.42. The SMILES string of the molecule is COc1cc(OC)cc(-c2c3nc(c(-c4ccccc4[N+](=O)[O-])c4ccc([nH]4)c(-c4cc(OC)cc(OC)c4)c4nc(c(-c5ccccc5N)c5ccc2[nH]5)C=C4)C=C3)c1. The van der Waals surface area contributed by atoms with Crippen LogP contribution in [0.1, 0.15) is 22.8 Å². The maximum absolute atomic E-state index is 12.6. The summed E-state index contributed by atoms with van der Waals surface area (Å²) in [5.74, 6) is 2.36. The van der Waals surface area contributed by atoms with Gasteiger partial charge in [-0.2, -0.15) is 0 Å². The average Bonchev–Trinajstić information content (AvgIpc) is 4.12. The number of aromatic nitrogens is 4. The second-order valence-electron chi connectivity index (χ2n) is 14.1. The number of nitro groups is 1. The van der Waals surface area contributed by atoms with Gasteiger partial charge in [0.05, 0.1) is 61.7 Å². The summed E-state index contributed by atoms with van der Waals surface area (Å²) in [6.07, 6.45) is 7.74. The van der Waals surface area contributed by atoms with Crippen molar-refractivity contribution in [2.45, 2.75) is 0 Å². The number of hydrogen-bond acceptors (Lipinski definition) is 9. The number of nitro benzene ring substituents is 1. The number of nitrogens with one attached hydrogen (secondary N) is 2. The van der Waals surface area contributed by atoms with E-state index in [2.05, 4.69) is 9.97 Å². The van der Waals surface area contributed by atoms with Crippen LogP contribution in [0, 0.1) is 10.1 Å². The van der Waals surface area contributed by atoms with Crippen molar-refractivity contribution in [2.75, 3.05) is 34.2 Å². The molecule has 2 aliphatic heterocycles. The molecule has 0 saturated heterocycles. The molecular weight excluding hydrogens is 757 g/mol. The van der Waals surface area contributed by atoms with Crippen LogP contribution >= 0.6 is 0 Å². The number of para-hydroxylation sites is 2. The first-order chi connectivity index (χ1) is 29.3. The molecule has 12 heteroatoms. The lowest BCUT2D eigenvalue weighted by Crippen LogP contribution is -1.95. The maximum Gasteiger partial charge on any atom is 0.277 e. The highest BCUT2D eigenvalue weighted by Gasteiger charge is 2.23. The topological polar surface area (TPSA) is 163 Å². The number of ether oxygens (including phenoxy) is 4. The van der Waals surface area contributed by atoms with Crippen LogP contribution in [0.2, 0.25) is 0 Å². The number of hydrogen-bond donors (Lipinski definition) is 3. The second kappa shape index (κ2) is 15.3. The lowest BCUT2D eigenvalue weighted by Gasteiger charge is -2.11. The zero-order chi connectivity index (χ0) is 41.5. The molecule has 2 aliphatic rings. The predicted octanol–water partition coefficient (Wildman–Crippen LogP) is 10.8. The standard InChI is InChI=1S/C48H38N6O6/c1-57-29-21-27(22-30(25-29)58-2)45-36-13-17-40(50-36)47(33-9-5-7-11-35(33)49)41-18-14-37(51-41)46(28-23-31(59-3)26-32(24-28)60-4)39-16-20-43(53-39)48(42-19-15-38(45)52-42)34-10-6-8-12-44(34)54(55)56/h5-26,50,53H,49H2,1-4H3. The Labute approximate surface area is 344 Å². The van der Waals surface area contributed by atoms with Crippen molar-refractivity contribution in [3.63, 3.8) is 0 Å². The van der Waals surface area contributed by atoms with E-state index >= 15 is 0 Å². The molecule has 12 nitrogen and oxygen atoms in total. The molecule has 60 heavy (non-hydrogen) atoms. The fraction of sp³-hybridized carbons (Fsp3) is 0.0833. The molecule has 0 unspecified atom stereocenters. The zero-order valence-corrected chi connectivity index (χ0v) is 33.1. The third-order valence-corrected chi connectivity index (χ3v) is 10.6. The Balaban J connectivity index is 1.50. The molecule has 3 aromatic heterocycles. The Morgan fingerprint density at radius 2 is 0.867 bits per heavy atom. The summed E-state index contributed by atoms with van der Waals surface area (Å²) in [6.45, 7) is 0. The second-order valence-corrected chi connectivity index (χ2v) is 14.1. The van der Waals surface area contributed by atoms with Gasteiger partial charge in [-0.05, 0) is 96.1 Å². The molecule has 9 rings (SSSR count). The summed E-state index contributed by atoms with van der Waals surface area (Å²) in [5.41, 5.74) is 18.0. The van der Waals surface area contributed by atoms with Gasteiger partial charge in [-0.25, -0.2) is 9.97 Å². The van der Waals surface area contributed by atoms with Crippen molar-refractivity contribution in [3.8, 4) is 67.5 Å². The van der Waals surface area contributed by atoms with Crippen LogP contribution in [-0.4, -0.2) is 53.3 Å². The van der Waals surface area contributed by atoms with Crippen molar-refractivity contribution in [2.24, 2.45) is 0 Å². The lowest BCUT2D eigenvalue weighted by atomic mass is 10.0. The van der Waals surface area contributed by atoms with E-state index in [0.29, 0.717) is 73.6 Å². The lowest BCUT2D eigenvalue weighted by molar-refractivity contribution is -0.384. The Morgan fingerprint density at radius 1 is 0.500 bits per heavy atom. The highest BCUT2D eigenvalue weighted by molar-refractivity contribution is 6.01. The largest absolute Gasteiger partial charge is 0.497 e. The van der Waals surface area contributed by atoms with Gasteiger partial charge in [-0.15, -0.1) is 0 Å². The van der Waals surface area contributed by atoms with Crippen molar-refractivity contribution >= 4 is 57.7 Å². The van der Waals surface area contributed by atoms with Crippen LogP contribution in [0.4, 0.5) is 11.4 Å². The minimum Gasteiger partial charge on any atom is -0.497 e. The van der Waals surface area contributed by atoms with Crippen molar-refractivity contribution in [1.29, 1.82) is 0 Å². The Morgan fingerprint density at radius 3 is 1.28 bits per heavy atom. The van der Waals surface area contributed by atoms with Crippen molar-refractivity contribution in [1.82, 2.24) is 19.9 Å². The molecule has 7 aromatic rings. The fourth-order valence-electron chi connectivity index (χ4n) is 7.85. The highest BCUT2D eigenvalue weighted by atomic mass is 16.6. The summed E-state index contributed by atoms with van der Waals surface area (Å²) in [6, 6.07) is 33.5. The van der Waals surface area contributed by atoms with Gasteiger partial charge in [0.15, 0.2) is 0 Å². The third kappa shape index (κ3) is 6.65. The minimum atomic E-state index is -0.376. The van der Waals surface area contributed by atoms with E-state index in [0.717, 1.165) is 44.4 Å². The summed E-state index contributed by atoms with van der Waals surface area (Å²) in [7, 11) is 6.42. The maximum atomic E-state index is 12.6. The summed E-state index contributed by atoms with van der Waals surface area (Å²) < 4.78 is 22.9. The first kappa shape index (κ1) is 37.5. The normalized spacial score (nSPS) is 11.7. The third-order valence-electron chi connectivity index (χ3n) is 10.6. The van der Waals surface area contributed by atoms with Crippen molar-refractivity contribution < 1.29 is 23.9 Å². The number of nitrogen functional groups attached to an aromatic ring is 1. The van der Waals surface area contributed by atoms with Gasteiger partial charge in [-0.3, -0.25) is 10.1 Å². The van der Waals surface area contributed by atoms with Crippen LogP contribution < -0.4 is 24.7 Å². The van der Waals surface area contributed by atoms with Gasteiger partial charge in [0, 0.05) is 73.8 Å². The van der Waals surface area contributed by atoms with Gasteiger partial charge in [0.25, 0.3) is 5.69 Å². The molecule has 4 aromatic carbocycles. The van der Waals surface area contributed by atoms with Gasteiger partial charge in [-0.1, -0.05) is 30.3 Å². The van der Waals surface area contributed by atoms with E-state index in [9.17, 15) is 10.1 Å². The summed E-state index contributed by atoms with van der Waals surface area (Å²) >= 11 is 0. The molecule has 8 bridgehead atoms. The van der Waals surface area contributed by atoms with Crippen LogP contribution in [0.15, 0.2) is 109 Å². The van der Waals surface area contributed by atoms with Gasteiger partial charge < -0.3 is 34.6 Å². The molecule has 296 valence electrons. The number of fused-ring (bicyclic) bond motifs is 8. The number of rotatable bonds is 9. The van der Waals surface area contributed by atoms with Crippen LogP contribution in [0.5, 0.6) is 23.0 Å². The van der Waals surface area contributed by atoms with Crippen LogP contribution in [-0.2, 0) is 0 Å². The molecule has 0 atom stereocenters. The number of nitrogens with two attached hydrogens (primary N) is 1. The first-order valence-electron chi connectivity index (χ1n) is 19.0. The number of anilines is 1. The molecule has 0 fully saturated rings. The minimum absolute atomic E-state index is 0.0642. The zero-order valence-electron chi connectivity index (χ0n) is 33.1. The molecule has 0 amide bonds. The fourth-order valence-corrected chi connectivity index (χ4v) is 7.85. The van der Waals surface area contributed by atoms with E-state index in [1.165, 1.54) is 6.07 Å². The van der Waals surface area contributed by atoms with Crippen LogP contribution in [0.3, 0.4) is 0 Å². The quantitative estimate of drug-likeness (QED) is 0.0733. The molecule has 4 N–H and O–H groups in total. The smallest absolute Gasteiger partial charge is 0.277 e. The van der Waals surface area contributed by atoms with E-state index in [1.54, 1.807) is 46.6 Å². The molecule has 5 heterocycles. The van der Waals surface area contributed by atoms with Gasteiger partial charge in [0.2, 0.25) is 0 Å². The van der Waals surface area contributed by atoms with Crippen molar-refractivity contribution in [3.05, 3.63) is 142 Å². The monoisotopic (exact) mass is 794 g/mol. The number of nitrogens with zero attached hydrogens (tertiary/aromatic N) is 3. The Bertz CT molecular complexity index is 3010. The van der Waals surface area contributed by atoms with E-state index in [4.69, 9.17) is 34.6 Å². The van der Waals surface area contributed by atoms with E-state index in [-0.39, 0.29) is 10.6 Å². The predicted molar refractivity (Wildman–Crippen MR) is 238 cm³/mol. The number of benzene rings is 4. The number of aromatic amines is 2. The molecule has 0 radical (unpaired) electrons. The number of methoxy groups -OCH3 is 4.